The van der Waals surface area contributed by atoms with E-state index < -0.39 is 0 Å². The molecule has 0 aliphatic rings. The number of nitrogens with zero attached hydrogens (tertiary/aromatic N) is 1. The number of halogens is 1. The van der Waals surface area contributed by atoms with Crippen molar-refractivity contribution < 1.29 is 0 Å². The Hall–Kier alpha value is -0.390. The Kier molecular flexibility index (Phi) is 4.59. The van der Waals surface area contributed by atoms with E-state index in [9.17, 15) is 0 Å². The predicted octanol–water partition coefficient (Wildman–Crippen LogP) is 3.59. The number of likely N-dealkylation sites (N-methyl/N-ethyl adjacent to an activating group) is 1. The van der Waals surface area contributed by atoms with Crippen LogP contribution < -0.4 is 5.73 Å². The SMILES string of the molecule is CN(Cc1cccs1)C(CN)c1ccc(Cl)s1. The minimum atomic E-state index is 0.245. The quantitative estimate of drug-likeness (QED) is 0.910. The summed E-state index contributed by atoms with van der Waals surface area (Å²) in [6.45, 7) is 1.54. The van der Waals surface area contributed by atoms with Crippen molar-refractivity contribution in [2.24, 2.45) is 5.73 Å². The molecule has 92 valence electrons. The standard InChI is InChI=1S/C12H15ClN2S2/c1-15(8-9-3-2-6-16-9)10(7-14)11-4-5-12(13)17-11/h2-6,10H,7-8,14H2,1H3. The highest BCUT2D eigenvalue weighted by Gasteiger charge is 2.17. The molecule has 2 aromatic rings. The number of hydrogen-bond donors (Lipinski definition) is 1. The van der Waals surface area contributed by atoms with Crippen LogP contribution in [0.5, 0.6) is 0 Å². The smallest absolute Gasteiger partial charge is 0.0931 e. The molecule has 0 amide bonds. The third-order valence-electron chi connectivity index (χ3n) is 2.66. The van der Waals surface area contributed by atoms with Crippen molar-refractivity contribution >= 4 is 34.3 Å². The van der Waals surface area contributed by atoms with Gasteiger partial charge in [0, 0.05) is 22.8 Å². The lowest BCUT2D eigenvalue weighted by Crippen LogP contribution is -2.29. The van der Waals surface area contributed by atoms with Gasteiger partial charge in [-0.1, -0.05) is 17.7 Å². The van der Waals surface area contributed by atoms with Crippen LogP contribution in [-0.2, 0) is 6.54 Å². The van der Waals surface area contributed by atoms with Crippen LogP contribution in [0.25, 0.3) is 0 Å². The van der Waals surface area contributed by atoms with Crippen molar-refractivity contribution in [3.8, 4) is 0 Å². The molecule has 0 fully saturated rings. The summed E-state index contributed by atoms with van der Waals surface area (Å²) < 4.78 is 0.822. The Morgan fingerprint density at radius 3 is 2.76 bits per heavy atom. The highest BCUT2D eigenvalue weighted by Crippen LogP contribution is 2.30. The van der Waals surface area contributed by atoms with Crippen LogP contribution in [0.2, 0.25) is 4.34 Å². The van der Waals surface area contributed by atoms with Gasteiger partial charge in [0.25, 0.3) is 0 Å². The predicted molar refractivity (Wildman–Crippen MR) is 76.9 cm³/mol. The van der Waals surface area contributed by atoms with Crippen LogP contribution in [0.1, 0.15) is 15.8 Å². The first-order valence-corrected chi connectivity index (χ1v) is 7.46. The molecule has 1 atom stereocenters. The van der Waals surface area contributed by atoms with E-state index >= 15 is 0 Å². The third kappa shape index (κ3) is 3.30. The van der Waals surface area contributed by atoms with Crippen LogP contribution in [0, 0.1) is 0 Å². The Morgan fingerprint density at radius 2 is 2.24 bits per heavy atom. The van der Waals surface area contributed by atoms with Gasteiger partial charge < -0.3 is 5.73 Å². The molecule has 1 unspecified atom stereocenters. The highest BCUT2D eigenvalue weighted by molar-refractivity contribution is 7.16. The van der Waals surface area contributed by atoms with Crippen LogP contribution >= 0.6 is 34.3 Å². The molecule has 0 saturated carbocycles. The molecule has 0 aromatic carbocycles. The van der Waals surface area contributed by atoms with E-state index in [0.717, 1.165) is 10.9 Å². The molecule has 2 rings (SSSR count). The molecule has 0 saturated heterocycles. The van der Waals surface area contributed by atoms with Gasteiger partial charge in [-0.15, -0.1) is 22.7 Å². The van der Waals surface area contributed by atoms with Crippen molar-refractivity contribution in [3.63, 3.8) is 0 Å². The van der Waals surface area contributed by atoms with Crippen LogP contribution in [-0.4, -0.2) is 18.5 Å². The molecule has 2 nitrogen and oxygen atoms in total. The average molecular weight is 287 g/mol. The molecular formula is C12H15ClN2S2. The fraction of sp³-hybridized carbons (Fsp3) is 0.333. The summed E-state index contributed by atoms with van der Waals surface area (Å²) in [4.78, 5) is 4.86. The number of hydrogen-bond acceptors (Lipinski definition) is 4. The largest absolute Gasteiger partial charge is 0.329 e. The lowest BCUT2D eigenvalue weighted by molar-refractivity contribution is 0.247. The molecule has 0 aliphatic heterocycles. The van der Waals surface area contributed by atoms with Crippen LogP contribution in [0.15, 0.2) is 29.6 Å². The highest BCUT2D eigenvalue weighted by atomic mass is 35.5. The lowest BCUT2D eigenvalue weighted by atomic mass is 10.2. The summed E-state index contributed by atoms with van der Waals surface area (Å²) in [5.74, 6) is 0. The Morgan fingerprint density at radius 1 is 1.41 bits per heavy atom. The Labute approximate surface area is 115 Å². The van der Waals surface area contributed by atoms with Gasteiger partial charge >= 0.3 is 0 Å². The first-order valence-electron chi connectivity index (χ1n) is 5.38. The first kappa shape index (κ1) is 13.1. The van der Waals surface area contributed by atoms with Gasteiger partial charge in [0.2, 0.25) is 0 Å². The lowest BCUT2D eigenvalue weighted by Gasteiger charge is -2.25. The maximum absolute atomic E-state index is 5.97. The molecule has 2 heterocycles. The number of rotatable bonds is 5. The summed E-state index contributed by atoms with van der Waals surface area (Å²) >= 11 is 9.35. The molecule has 0 radical (unpaired) electrons. The van der Waals surface area contributed by atoms with Gasteiger partial charge in [-0.3, -0.25) is 4.90 Å². The summed E-state index contributed by atoms with van der Waals surface area (Å²) in [6, 6.07) is 8.47. The molecule has 5 heteroatoms. The van der Waals surface area contributed by atoms with Crippen LogP contribution in [0.4, 0.5) is 0 Å². The van der Waals surface area contributed by atoms with Gasteiger partial charge in [-0.25, -0.2) is 0 Å². The second kappa shape index (κ2) is 5.98. The number of nitrogens with two attached hydrogens (primary N) is 1. The van der Waals surface area contributed by atoms with Gasteiger partial charge in [0.1, 0.15) is 0 Å². The van der Waals surface area contributed by atoms with E-state index in [1.807, 2.05) is 6.07 Å². The number of thiophene rings is 2. The van der Waals surface area contributed by atoms with Crippen LogP contribution in [0.3, 0.4) is 0 Å². The Balaban J connectivity index is 2.07. The van der Waals surface area contributed by atoms with E-state index in [4.69, 9.17) is 17.3 Å². The normalized spacial score (nSPS) is 13.2. The van der Waals surface area contributed by atoms with E-state index in [0.29, 0.717) is 6.54 Å². The second-order valence-electron chi connectivity index (χ2n) is 3.89. The molecule has 2 N–H and O–H groups in total. The van der Waals surface area contributed by atoms with E-state index in [1.54, 1.807) is 22.7 Å². The summed E-state index contributed by atoms with van der Waals surface area (Å²) in [5, 5.41) is 2.10. The molecule has 0 bridgehead atoms. The Bertz CT molecular complexity index is 453. The van der Waals surface area contributed by atoms with Gasteiger partial charge in [-0.05, 0) is 30.6 Å². The monoisotopic (exact) mass is 286 g/mol. The van der Waals surface area contributed by atoms with E-state index in [1.165, 1.54) is 9.75 Å². The summed E-state index contributed by atoms with van der Waals surface area (Å²) in [7, 11) is 2.10. The third-order valence-corrected chi connectivity index (χ3v) is 4.86. The minimum absolute atomic E-state index is 0.245. The van der Waals surface area contributed by atoms with E-state index in [2.05, 4.69) is 35.5 Å². The van der Waals surface area contributed by atoms with Crippen molar-refractivity contribution in [2.75, 3.05) is 13.6 Å². The fourth-order valence-corrected chi connectivity index (χ4v) is 3.79. The first-order chi connectivity index (χ1) is 8.20. The maximum Gasteiger partial charge on any atom is 0.0931 e. The molecule has 0 spiro atoms. The van der Waals surface area contributed by atoms with Crippen molar-refractivity contribution in [1.29, 1.82) is 0 Å². The molecular weight excluding hydrogens is 272 g/mol. The van der Waals surface area contributed by atoms with E-state index in [-0.39, 0.29) is 6.04 Å². The molecule has 2 aromatic heterocycles. The van der Waals surface area contributed by atoms with Gasteiger partial charge in [0.05, 0.1) is 10.4 Å². The summed E-state index contributed by atoms with van der Waals surface area (Å²) in [5.41, 5.74) is 5.87. The van der Waals surface area contributed by atoms with Crippen molar-refractivity contribution in [2.45, 2.75) is 12.6 Å². The molecule has 17 heavy (non-hydrogen) atoms. The maximum atomic E-state index is 5.97. The average Bonchev–Trinajstić information content (AvgIpc) is 2.91. The minimum Gasteiger partial charge on any atom is -0.329 e. The molecule has 0 aliphatic carbocycles. The second-order valence-corrected chi connectivity index (χ2v) is 6.67. The van der Waals surface area contributed by atoms with Crippen molar-refractivity contribution in [3.05, 3.63) is 43.7 Å². The zero-order valence-electron chi connectivity index (χ0n) is 9.60. The van der Waals surface area contributed by atoms with Crippen molar-refractivity contribution in [1.82, 2.24) is 4.90 Å². The zero-order chi connectivity index (χ0) is 12.3. The zero-order valence-corrected chi connectivity index (χ0v) is 12.0. The topological polar surface area (TPSA) is 29.3 Å². The summed E-state index contributed by atoms with van der Waals surface area (Å²) in [6.07, 6.45) is 0. The van der Waals surface area contributed by atoms with Gasteiger partial charge in [0.15, 0.2) is 0 Å². The fourth-order valence-electron chi connectivity index (χ4n) is 1.78. The van der Waals surface area contributed by atoms with Gasteiger partial charge in [-0.2, -0.15) is 0 Å².